The lowest BCUT2D eigenvalue weighted by atomic mass is 9.82. The van der Waals surface area contributed by atoms with Gasteiger partial charge in [0.25, 0.3) is 0 Å². The van der Waals surface area contributed by atoms with E-state index in [1.54, 1.807) is 11.8 Å². The highest BCUT2D eigenvalue weighted by molar-refractivity contribution is 5.66. The molecule has 1 unspecified atom stereocenters. The number of rotatable bonds is 10. The van der Waals surface area contributed by atoms with E-state index >= 15 is 0 Å². The Morgan fingerprint density at radius 2 is 1.80 bits per heavy atom. The minimum absolute atomic E-state index is 0.200. The van der Waals surface area contributed by atoms with Crippen molar-refractivity contribution in [3.63, 3.8) is 0 Å². The van der Waals surface area contributed by atoms with Crippen LogP contribution in [0, 0.1) is 5.92 Å². The first-order valence-corrected chi connectivity index (χ1v) is 9.14. The molecule has 25 heavy (non-hydrogen) atoms. The highest BCUT2D eigenvalue weighted by atomic mass is 16.5. The fourth-order valence-corrected chi connectivity index (χ4v) is 2.97. The van der Waals surface area contributed by atoms with Crippen LogP contribution < -0.4 is 0 Å². The number of carbonyl (C=O) groups excluding carboxylic acids is 2. The molecule has 4 heteroatoms. The van der Waals surface area contributed by atoms with Crippen LogP contribution in [0.4, 0.5) is 0 Å². The molecular weight excluding hydrogens is 314 g/mol. The maximum Gasteiger partial charge on any atom is 0.302 e. The molecule has 0 saturated heterocycles. The zero-order valence-corrected chi connectivity index (χ0v) is 16.5. The van der Waals surface area contributed by atoms with Crippen LogP contribution >= 0.6 is 0 Å². The standard InChI is InChI=1S/C21H33NO3/c1-7-21(5,6)20-10-8-19(9-11-20)12-16(2)13-22(15-23)14-17(3)25-18(4)24/h8-11,15-17H,7,12-14H2,1-6H3/t16?,17-/m1/s1. The average Bonchev–Trinajstić information content (AvgIpc) is 2.53. The lowest BCUT2D eigenvalue weighted by Gasteiger charge is -2.25. The Kier molecular flexibility index (Phi) is 8.14. The van der Waals surface area contributed by atoms with E-state index in [1.165, 1.54) is 18.1 Å². The predicted octanol–water partition coefficient (Wildman–Crippen LogP) is 3.96. The first-order chi connectivity index (χ1) is 11.7. The first-order valence-electron chi connectivity index (χ1n) is 9.14. The third kappa shape index (κ3) is 7.29. The van der Waals surface area contributed by atoms with E-state index in [4.69, 9.17) is 4.74 Å². The summed E-state index contributed by atoms with van der Waals surface area (Å²) in [6, 6.07) is 8.81. The van der Waals surface area contributed by atoms with Gasteiger partial charge >= 0.3 is 5.97 Å². The Morgan fingerprint density at radius 3 is 2.28 bits per heavy atom. The van der Waals surface area contributed by atoms with Crippen LogP contribution in [0.3, 0.4) is 0 Å². The number of hydrogen-bond acceptors (Lipinski definition) is 3. The summed E-state index contributed by atoms with van der Waals surface area (Å²) in [5, 5.41) is 0. The lowest BCUT2D eigenvalue weighted by Crippen LogP contribution is -2.35. The number of carbonyl (C=O) groups is 2. The second kappa shape index (κ2) is 9.59. The summed E-state index contributed by atoms with van der Waals surface area (Å²) in [6.45, 7) is 13.1. The third-order valence-corrected chi connectivity index (χ3v) is 4.76. The second-order valence-corrected chi connectivity index (χ2v) is 7.72. The number of esters is 1. The molecule has 0 aliphatic rings. The summed E-state index contributed by atoms with van der Waals surface area (Å²) < 4.78 is 5.10. The average molecular weight is 347 g/mol. The van der Waals surface area contributed by atoms with Crippen molar-refractivity contribution in [2.24, 2.45) is 5.92 Å². The molecule has 1 rings (SSSR count). The van der Waals surface area contributed by atoms with E-state index in [0.29, 0.717) is 19.0 Å². The molecular formula is C21H33NO3. The molecule has 2 atom stereocenters. The number of benzene rings is 1. The van der Waals surface area contributed by atoms with Gasteiger partial charge in [-0.15, -0.1) is 0 Å². The Bertz CT molecular complexity index is 551. The van der Waals surface area contributed by atoms with Gasteiger partial charge in [-0.05, 0) is 42.2 Å². The predicted molar refractivity (Wildman–Crippen MR) is 101 cm³/mol. The molecule has 0 aliphatic carbocycles. The molecule has 0 aliphatic heterocycles. The molecule has 140 valence electrons. The quantitative estimate of drug-likeness (QED) is 0.475. The van der Waals surface area contributed by atoms with Crippen LogP contribution in [0.15, 0.2) is 24.3 Å². The summed E-state index contributed by atoms with van der Waals surface area (Å²) in [4.78, 5) is 24.0. The molecule has 0 saturated carbocycles. The molecule has 4 nitrogen and oxygen atoms in total. The number of hydrogen-bond donors (Lipinski definition) is 0. The van der Waals surface area contributed by atoms with Gasteiger partial charge in [-0.1, -0.05) is 52.0 Å². The van der Waals surface area contributed by atoms with E-state index < -0.39 is 0 Å². The Labute approximate surface area is 152 Å². The highest BCUT2D eigenvalue weighted by Crippen LogP contribution is 2.27. The minimum Gasteiger partial charge on any atom is -0.461 e. The van der Waals surface area contributed by atoms with E-state index in [2.05, 4.69) is 52.0 Å². The van der Waals surface area contributed by atoms with Crippen molar-refractivity contribution in [3.8, 4) is 0 Å². The molecule has 0 spiro atoms. The minimum atomic E-state index is -0.318. The molecule has 1 amide bonds. The van der Waals surface area contributed by atoms with Crippen molar-refractivity contribution >= 4 is 12.4 Å². The SMILES string of the molecule is CCC(C)(C)c1ccc(CC(C)CN(C=O)C[C@@H](C)OC(C)=O)cc1. The van der Waals surface area contributed by atoms with Gasteiger partial charge in [0.2, 0.25) is 6.41 Å². The largest absolute Gasteiger partial charge is 0.461 e. The monoisotopic (exact) mass is 347 g/mol. The number of amides is 1. The number of ether oxygens (including phenoxy) is 1. The fourth-order valence-electron chi connectivity index (χ4n) is 2.97. The van der Waals surface area contributed by atoms with Crippen molar-refractivity contribution < 1.29 is 14.3 Å². The molecule has 1 aromatic carbocycles. The van der Waals surface area contributed by atoms with Crippen molar-refractivity contribution in [1.82, 2.24) is 4.90 Å². The van der Waals surface area contributed by atoms with E-state index in [1.807, 2.05) is 0 Å². The molecule has 0 radical (unpaired) electrons. The Balaban J connectivity index is 2.58. The van der Waals surface area contributed by atoms with Crippen molar-refractivity contribution in [2.45, 2.75) is 65.9 Å². The van der Waals surface area contributed by atoms with Gasteiger partial charge in [0.1, 0.15) is 6.10 Å². The molecule has 0 fully saturated rings. The zero-order chi connectivity index (χ0) is 19.0. The lowest BCUT2D eigenvalue weighted by molar-refractivity contribution is -0.147. The summed E-state index contributed by atoms with van der Waals surface area (Å²) in [7, 11) is 0. The van der Waals surface area contributed by atoms with Crippen LogP contribution in [0.5, 0.6) is 0 Å². The smallest absolute Gasteiger partial charge is 0.302 e. The first kappa shape index (κ1) is 21.2. The Morgan fingerprint density at radius 1 is 1.20 bits per heavy atom. The molecule has 1 aromatic rings. The van der Waals surface area contributed by atoms with Crippen LogP contribution in [0.2, 0.25) is 0 Å². The third-order valence-electron chi connectivity index (χ3n) is 4.76. The van der Waals surface area contributed by atoms with Gasteiger partial charge in [-0.25, -0.2) is 0 Å². The van der Waals surface area contributed by atoms with Crippen LogP contribution in [-0.2, 0) is 26.2 Å². The second-order valence-electron chi connectivity index (χ2n) is 7.72. The van der Waals surface area contributed by atoms with Gasteiger partial charge < -0.3 is 9.64 Å². The van der Waals surface area contributed by atoms with Crippen molar-refractivity contribution in [1.29, 1.82) is 0 Å². The maximum absolute atomic E-state index is 11.3. The van der Waals surface area contributed by atoms with Gasteiger partial charge in [0.15, 0.2) is 0 Å². The van der Waals surface area contributed by atoms with Crippen LogP contribution in [0.1, 0.15) is 59.1 Å². The van der Waals surface area contributed by atoms with Crippen LogP contribution in [0.25, 0.3) is 0 Å². The van der Waals surface area contributed by atoms with Gasteiger partial charge in [0.05, 0.1) is 6.54 Å². The molecule has 0 bridgehead atoms. The van der Waals surface area contributed by atoms with Crippen molar-refractivity contribution in [3.05, 3.63) is 35.4 Å². The Hall–Kier alpha value is -1.84. The maximum atomic E-state index is 11.3. The normalized spacial score (nSPS) is 13.8. The fraction of sp³-hybridized carbons (Fsp3) is 0.619. The summed E-state index contributed by atoms with van der Waals surface area (Å²) in [5.74, 6) is 0.0151. The zero-order valence-electron chi connectivity index (χ0n) is 16.5. The van der Waals surface area contributed by atoms with E-state index in [-0.39, 0.29) is 17.5 Å². The molecule has 0 heterocycles. The molecule has 0 N–H and O–H groups in total. The summed E-state index contributed by atoms with van der Waals surface area (Å²) in [5.41, 5.74) is 2.84. The summed E-state index contributed by atoms with van der Waals surface area (Å²) >= 11 is 0. The number of nitrogens with zero attached hydrogens (tertiary/aromatic N) is 1. The molecule has 0 aromatic heterocycles. The van der Waals surface area contributed by atoms with Crippen LogP contribution in [-0.4, -0.2) is 36.5 Å². The van der Waals surface area contributed by atoms with Gasteiger partial charge in [-0.2, -0.15) is 0 Å². The van der Waals surface area contributed by atoms with Gasteiger partial charge in [-0.3, -0.25) is 9.59 Å². The summed E-state index contributed by atoms with van der Waals surface area (Å²) in [6.07, 6.45) is 2.57. The van der Waals surface area contributed by atoms with Gasteiger partial charge in [0, 0.05) is 13.5 Å². The van der Waals surface area contributed by atoms with Crippen molar-refractivity contribution in [2.75, 3.05) is 13.1 Å². The topological polar surface area (TPSA) is 46.6 Å². The van der Waals surface area contributed by atoms with E-state index in [0.717, 1.165) is 19.3 Å². The highest BCUT2D eigenvalue weighted by Gasteiger charge is 2.18. The van der Waals surface area contributed by atoms with E-state index in [9.17, 15) is 9.59 Å².